The Bertz CT molecular complexity index is 328. The van der Waals surface area contributed by atoms with E-state index in [2.05, 4.69) is 9.98 Å². The molecule has 0 amide bonds. The maximum atomic E-state index is 5.55. The van der Waals surface area contributed by atoms with E-state index in [1.165, 1.54) is 11.8 Å². The number of nitrogens with zero attached hydrogens (tertiary/aromatic N) is 2. The quantitative estimate of drug-likeness (QED) is 0.604. The summed E-state index contributed by atoms with van der Waals surface area (Å²) in [4.78, 5) is 8.03. The number of thioether (sulfide) groups is 1. The normalized spacial score (nSPS) is 11.4. The smallest absolute Gasteiger partial charge is 0.154 e. The molecular weight excluding hydrogens is 198 g/mol. The molecule has 0 aliphatic carbocycles. The molecule has 76 valence electrons. The first kappa shape index (κ1) is 10.8. The van der Waals surface area contributed by atoms with Crippen LogP contribution in [0.1, 0.15) is 5.69 Å². The Kier molecular flexibility index (Phi) is 4.25. The summed E-state index contributed by atoms with van der Waals surface area (Å²) in [6, 6.07) is 3.70. The van der Waals surface area contributed by atoms with Crippen LogP contribution in [-0.4, -0.2) is 24.3 Å². The van der Waals surface area contributed by atoms with Crippen molar-refractivity contribution in [2.24, 2.45) is 10.7 Å². The molecule has 0 fully saturated rings. The fourth-order valence-corrected chi connectivity index (χ4v) is 1.46. The van der Waals surface area contributed by atoms with Gasteiger partial charge in [0.05, 0.1) is 12.8 Å². The van der Waals surface area contributed by atoms with Crippen LogP contribution < -0.4 is 10.5 Å². The van der Waals surface area contributed by atoms with Gasteiger partial charge in [-0.3, -0.25) is 9.98 Å². The number of aromatic nitrogens is 1. The SMILES string of the molecule is CN=C(N)SCc1cc(OC)ccn1. The number of methoxy groups -OCH3 is 1. The molecule has 0 saturated carbocycles. The van der Waals surface area contributed by atoms with Crippen molar-refractivity contribution < 1.29 is 4.74 Å². The first-order valence-corrected chi connectivity index (χ1v) is 5.08. The van der Waals surface area contributed by atoms with Gasteiger partial charge in [-0.2, -0.15) is 0 Å². The Morgan fingerprint density at radius 1 is 1.71 bits per heavy atom. The maximum absolute atomic E-state index is 5.55. The molecule has 1 aromatic heterocycles. The van der Waals surface area contributed by atoms with Gasteiger partial charge in [0.15, 0.2) is 5.17 Å². The fraction of sp³-hybridized carbons (Fsp3) is 0.333. The van der Waals surface area contributed by atoms with Crippen molar-refractivity contribution in [2.45, 2.75) is 5.75 Å². The lowest BCUT2D eigenvalue weighted by Gasteiger charge is -2.02. The van der Waals surface area contributed by atoms with Crippen LogP contribution in [0.5, 0.6) is 5.75 Å². The van der Waals surface area contributed by atoms with E-state index in [1.54, 1.807) is 20.4 Å². The van der Waals surface area contributed by atoms with Crippen LogP contribution >= 0.6 is 11.8 Å². The molecular formula is C9H13N3OS. The summed E-state index contributed by atoms with van der Waals surface area (Å²) in [7, 11) is 3.30. The largest absolute Gasteiger partial charge is 0.497 e. The van der Waals surface area contributed by atoms with Crippen LogP contribution in [0.15, 0.2) is 23.3 Å². The third-order valence-electron chi connectivity index (χ3n) is 1.61. The highest BCUT2D eigenvalue weighted by Crippen LogP contribution is 2.15. The average molecular weight is 211 g/mol. The van der Waals surface area contributed by atoms with Crippen molar-refractivity contribution in [3.05, 3.63) is 24.0 Å². The second-order valence-corrected chi connectivity index (χ2v) is 3.53. The maximum Gasteiger partial charge on any atom is 0.154 e. The molecule has 0 bridgehead atoms. The van der Waals surface area contributed by atoms with Crippen LogP contribution in [0.25, 0.3) is 0 Å². The molecule has 1 aromatic rings. The minimum absolute atomic E-state index is 0.564. The molecule has 4 nitrogen and oxygen atoms in total. The van der Waals surface area contributed by atoms with Gasteiger partial charge < -0.3 is 10.5 Å². The summed E-state index contributed by atoms with van der Waals surface area (Å²) < 4.78 is 5.08. The molecule has 0 atom stereocenters. The third kappa shape index (κ3) is 3.26. The number of amidine groups is 1. The summed E-state index contributed by atoms with van der Waals surface area (Å²) in [6.07, 6.45) is 1.72. The number of rotatable bonds is 3. The molecule has 2 N–H and O–H groups in total. The predicted octanol–water partition coefficient (Wildman–Crippen LogP) is 1.27. The molecule has 0 aliphatic rings. The molecule has 0 unspecified atom stereocenters. The number of pyridine rings is 1. The highest BCUT2D eigenvalue weighted by atomic mass is 32.2. The molecule has 5 heteroatoms. The van der Waals surface area contributed by atoms with Gasteiger partial charge in [-0.1, -0.05) is 11.8 Å². The Morgan fingerprint density at radius 3 is 3.14 bits per heavy atom. The molecule has 14 heavy (non-hydrogen) atoms. The summed E-state index contributed by atoms with van der Waals surface area (Å²) in [6.45, 7) is 0. The Labute approximate surface area is 87.6 Å². The highest BCUT2D eigenvalue weighted by Gasteiger charge is 1.99. The highest BCUT2D eigenvalue weighted by molar-refractivity contribution is 8.13. The van der Waals surface area contributed by atoms with E-state index in [0.717, 1.165) is 11.4 Å². The summed E-state index contributed by atoms with van der Waals surface area (Å²) in [5.74, 6) is 1.52. The minimum Gasteiger partial charge on any atom is -0.497 e. The Hall–Kier alpha value is -1.23. The van der Waals surface area contributed by atoms with Gasteiger partial charge in [-0.25, -0.2) is 0 Å². The van der Waals surface area contributed by atoms with Gasteiger partial charge in [0.25, 0.3) is 0 Å². The van der Waals surface area contributed by atoms with Crippen LogP contribution in [0.3, 0.4) is 0 Å². The number of hydrogen-bond acceptors (Lipinski definition) is 4. The molecule has 0 aromatic carbocycles. The molecule has 1 rings (SSSR count). The monoisotopic (exact) mass is 211 g/mol. The molecule has 0 radical (unpaired) electrons. The minimum atomic E-state index is 0.564. The van der Waals surface area contributed by atoms with Gasteiger partial charge >= 0.3 is 0 Å². The van der Waals surface area contributed by atoms with E-state index in [0.29, 0.717) is 10.9 Å². The lowest BCUT2D eigenvalue weighted by atomic mass is 10.3. The molecule has 0 saturated heterocycles. The van der Waals surface area contributed by atoms with Crippen molar-refractivity contribution >= 4 is 16.9 Å². The first-order valence-electron chi connectivity index (χ1n) is 4.10. The van der Waals surface area contributed by atoms with Crippen LogP contribution in [-0.2, 0) is 5.75 Å². The second kappa shape index (κ2) is 5.49. The lowest BCUT2D eigenvalue weighted by molar-refractivity contribution is 0.414. The zero-order valence-electron chi connectivity index (χ0n) is 8.23. The lowest BCUT2D eigenvalue weighted by Crippen LogP contribution is -2.06. The predicted molar refractivity (Wildman–Crippen MR) is 59.6 cm³/mol. The van der Waals surface area contributed by atoms with Gasteiger partial charge in [0.2, 0.25) is 0 Å². The van der Waals surface area contributed by atoms with E-state index >= 15 is 0 Å². The molecule has 1 heterocycles. The standard InChI is InChI=1S/C9H13N3OS/c1-11-9(10)14-6-7-5-8(13-2)3-4-12-7/h3-5H,6H2,1-2H3,(H2,10,11). The Morgan fingerprint density at radius 2 is 2.50 bits per heavy atom. The topological polar surface area (TPSA) is 60.5 Å². The van der Waals surface area contributed by atoms with Crippen LogP contribution in [0.2, 0.25) is 0 Å². The summed E-state index contributed by atoms with van der Waals surface area (Å²) in [5.41, 5.74) is 6.48. The van der Waals surface area contributed by atoms with E-state index in [1.807, 2.05) is 12.1 Å². The van der Waals surface area contributed by atoms with E-state index in [-0.39, 0.29) is 0 Å². The second-order valence-electron chi connectivity index (χ2n) is 2.54. The fourth-order valence-electron chi connectivity index (χ4n) is 0.874. The van der Waals surface area contributed by atoms with Gasteiger partial charge in [-0.15, -0.1) is 0 Å². The van der Waals surface area contributed by atoms with E-state index in [4.69, 9.17) is 10.5 Å². The van der Waals surface area contributed by atoms with Gasteiger partial charge in [0.1, 0.15) is 5.75 Å². The third-order valence-corrected chi connectivity index (χ3v) is 2.53. The molecule has 0 aliphatic heterocycles. The van der Waals surface area contributed by atoms with Crippen molar-refractivity contribution in [3.8, 4) is 5.75 Å². The zero-order chi connectivity index (χ0) is 10.4. The first-order chi connectivity index (χ1) is 6.76. The van der Waals surface area contributed by atoms with E-state index < -0.39 is 0 Å². The summed E-state index contributed by atoms with van der Waals surface area (Å²) in [5, 5.41) is 0.564. The summed E-state index contributed by atoms with van der Waals surface area (Å²) >= 11 is 1.46. The number of nitrogens with two attached hydrogens (primary N) is 1. The number of aliphatic imine (C=N–C) groups is 1. The number of hydrogen-bond donors (Lipinski definition) is 1. The van der Waals surface area contributed by atoms with Gasteiger partial charge in [-0.05, 0) is 6.07 Å². The van der Waals surface area contributed by atoms with Crippen molar-refractivity contribution in [2.75, 3.05) is 14.2 Å². The van der Waals surface area contributed by atoms with Crippen LogP contribution in [0, 0.1) is 0 Å². The van der Waals surface area contributed by atoms with Crippen molar-refractivity contribution in [3.63, 3.8) is 0 Å². The van der Waals surface area contributed by atoms with Crippen molar-refractivity contribution in [1.82, 2.24) is 4.98 Å². The Balaban J connectivity index is 2.58. The van der Waals surface area contributed by atoms with E-state index in [9.17, 15) is 0 Å². The van der Waals surface area contributed by atoms with Crippen molar-refractivity contribution in [1.29, 1.82) is 0 Å². The van der Waals surface area contributed by atoms with Crippen LogP contribution in [0.4, 0.5) is 0 Å². The average Bonchev–Trinajstić information content (AvgIpc) is 2.26. The zero-order valence-corrected chi connectivity index (χ0v) is 9.04. The van der Waals surface area contributed by atoms with Gasteiger partial charge in [0, 0.05) is 25.1 Å². The molecule has 0 spiro atoms. The number of ether oxygens (including phenoxy) is 1.